The second-order valence-electron chi connectivity index (χ2n) is 7.94. The quantitative estimate of drug-likeness (QED) is 0.856. The highest BCUT2D eigenvalue weighted by molar-refractivity contribution is 6.48. The largest absolute Gasteiger partial charge is 0.507 e. The molecule has 6 heteroatoms. The van der Waals surface area contributed by atoms with E-state index in [0.717, 1.165) is 0 Å². The molecule has 0 spiro atoms. The zero-order valence-corrected chi connectivity index (χ0v) is 16.3. The lowest BCUT2D eigenvalue weighted by atomic mass is 9.93. The van der Waals surface area contributed by atoms with Crippen LogP contribution in [0, 0.1) is 0 Å². The Kier molecular flexibility index (Phi) is 3.96. The van der Waals surface area contributed by atoms with Gasteiger partial charge in [0, 0.05) is 11.1 Å². The Morgan fingerprint density at radius 3 is 1.32 bits per heavy atom. The third-order valence-electron chi connectivity index (χ3n) is 4.88. The van der Waals surface area contributed by atoms with E-state index in [9.17, 15) is 10.2 Å². The second-order valence-corrected chi connectivity index (χ2v) is 7.94. The number of nitrogens with zero attached hydrogens (tertiary/aromatic N) is 4. The molecule has 0 aliphatic carbocycles. The summed E-state index contributed by atoms with van der Waals surface area (Å²) in [7, 11) is 0. The molecule has 142 valence electrons. The molecule has 0 unspecified atom stereocenters. The molecule has 0 aromatic heterocycles. The van der Waals surface area contributed by atoms with Crippen LogP contribution in [0.15, 0.2) is 68.5 Å². The molecule has 2 aliphatic rings. The number of para-hydroxylation sites is 2. The first-order valence-corrected chi connectivity index (χ1v) is 9.14. The van der Waals surface area contributed by atoms with Crippen LogP contribution < -0.4 is 0 Å². The number of phenolic OH excluding ortho intramolecular Hbond substituents is 2. The molecule has 2 aliphatic heterocycles. The van der Waals surface area contributed by atoms with Crippen molar-refractivity contribution in [3.8, 4) is 11.5 Å². The maximum absolute atomic E-state index is 10.2. The van der Waals surface area contributed by atoms with E-state index in [1.54, 1.807) is 24.3 Å². The third kappa shape index (κ3) is 2.91. The van der Waals surface area contributed by atoms with Crippen LogP contribution in [0.4, 0.5) is 0 Å². The Hall–Kier alpha value is -3.28. The molecule has 4 rings (SSSR count). The van der Waals surface area contributed by atoms with Gasteiger partial charge in [-0.05, 0) is 52.0 Å². The van der Waals surface area contributed by atoms with Gasteiger partial charge in [0.1, 0.15) is 22.6 Å². The van der Waals surface area contributed by atoms with Crippen molar-refractivity contribution in [2.24, 2.45) is 20.0 Å². The van der Waals surface area contributed by atoms with E-state index in [2.05, 4.69) is 9.98 Å². The van der Waals surface area contributed by atoms with Gasteiger partial charge in [-0.3, -0.25) is 9.98 Å². The molecule has 2 aromatic carbocycles. The number of benzene rings is 2. The van der Waals surface area contributed by atoms with Gasteiger partial charge in [-0.1, -0.05) is 24.3 Å². The SMILES string of the molecule is CC1(C)N=C(C2=NC(C)(C)C(c3ccccc3O)=N2)N=C1c1ccccc1O. The number of aliphatic imine (C=N–C) groups is 4. The lowest BCUT2D eigenvalue weighted by Gasteiger charge is -2.18. The summed E-state index contributed by atoms with van der Waals surface area (Å²) in [6.45, 7) is 7.78. The summed E-state index contributed by atoms with van der Waals surface area (Å²) in [4.78, 5) is 18.8. The van der Waals surface area contributed by atoms with Crippen LogP contribution in [-0.2, 0) is 0 Å². The summed E-state index contributed by atoms with van der Waals surface area (Å²) in [6, 6.07) is 14.2. The summed E-state index contributed by atoms with van der Waals surface area (Å²) < 4.78 is 0. The summed E-state index contributed by atoms with van der Waals surface area (Å²) >= 11 is 0. The highest BCUT2D eigenvalue weighted by Gasteiger charge is 2.39. The minimum absolute atomic E-state index is 0.165. The fraction of sp³-hybridized carbons (Fsp3) is 0.273. The zero-order valence-electron chi connectivity index (χ0n) is 16.3. The fourth-order valence-corrected chi connectivity index (χ4v) is 3.50. The van der Waals surface area contributed by atoms with E-state index in [4.69, 9.17) is 9.98 Å². The van der Waals surface area contributed by atoms with Crippen LogP contribution in [0.25, 0.3) is 0 Å². The summed E-state index contributed by atoms with van der Waals surface area (Å²) in [6.07, 6.45) is 0. The Balaban J connectivity index is 1.78. The number of hydrogen-bond donors (Lipinski definition) is 2. The topological polar surface area (TPSA) is 89.9 Å². The molecule has 0 saturated carbocycles. The molecule has 0 atom stereocenters. The van der Waals surface area contributed by atoms with Gasteiger partial charge in [-0.25, -0.2) is 9.98 Å². The Labute approximate surface area is 163 Å². The van der Waals surface area contributed by atoms with Crippen molar-refractivity contribution in [2.75, 3.05) is 0 Å². The van der Waals surface area contributed by atoms with Gasteiger partial charge in [0.15, 0.2) is 11.7 Å². The van der Waals surface area contributed by atoms with E-state index in [-0.39, 0.29) is 11.5 Å². The molecule has 0 saturated heterocycles. The average molecular weight is 374 g/mol. The standard InChI is InChI=1S/C22H22N4O2/c1-21(2)17(13-9-5-7-11-15(13)27)23-19(25-21)20-24-18(22(3,4)26-20)14-10-6-8-12-16(14)28/h5-12,27-28H,1-4H3. The summed E-state index contributed by atoms with van der Waals surface area (Å²) in [5.74, 6) is 1.19. The molecule has 28 heavy (non-hydrogen) atoms. The maximum atomic E-state index is 10.2. The van der Waals surface area contributed by atoms with Gasteiger partial charge >= 0.3 is 0 Å². The van der Waals surface area contributed by atoms with Crippen LogP contribution in [0.1, 0.15) is 38.8 Å². The van der Waals surface area contributed by atoms with Gasteiger partial charge in [-0.15, -0.1) is 0 Å². The maximum Gasteiger partial charge on any atom is 0.194 e. The predicted octanol–water partition coefficient (Wildman–Crippen LogP) is 3.76. The van der Waals surface area contributed by atoms with Crippen molar-refractivity contribution in [2.45, 2.75) is 38.8 Å². The molecule has 0 fully saturated rings. The normalized spacial score (nSPS) is 19.7. The predicted molar refractivity (Wildman–Crippen MR) is 112 cm³/mol. The van der Waals surface area contributed by atoms with E-state index in [0.29, 0.717) is 34.2 Å². The van der Waals surface area contributed by atoms with Gasteiger partial charge in [-0.2, -0.15) is 0 Å². The number of amidine groups is 2. The van der Waals surface area contributed by atoms with E-state index < -0.39 is 11.1 Å². The summed E-state index contributed by atoms with van der Waals surface area (Å²) in [5.41, 5.74) is 1.41. The van der Waals surface area contributed by atoms with Crippen molar-refractivity contribution in [1.82, 2.24) is 0 Å². The molecular formula is C22H22N4O2. The van der Waals surface area contributed by atoms with Crippen LogP contribution in [0.5, 0.6) is 11.5 Å². The van der Waals surface area contributed by atoms with Gasteiger partial charge in [0.2, 0.25) is 0 Å². The minimum Gasteiger partial charge on any atom is -0.507 e. The van der Waals surface area contributed by atoms with Gasteiger partial charge in [0.25, 0.3) is 0 Å². The van der Waals surface area contributed by atoms with Crippen molar-refractivity contribution in [1.29, 1.82) is 0 Å². The molecule has 6 nitrogen and oxygen atoms in total. The molecular weight excluding hydrogens is 352 g/mol. The van der Waals surface area contributed by atoms with Crippen LogP contribution in [0.2, 0.25) is 0 Å². The average Bonchev–Trinajstić information content (AvgIpc) is 3.11. The second kappa shape index (κ2) is 6.12. The fourth-order valence-electron chi connectivity index (χ4n) is 3.50. The van der Waals surface area contributed by atoms with Gasteiger partial charge in [0.05, 0.1) is 11.4 Å². The van der Waals surface area contributed by atoms with Crippen molar-refractivity contribution in [3.63, 3.8) is 0 Å². The van der Waals surface area contributed by atoms with E-state index in [1.165, 1.54) is 0 Å². The monoisotopic (exact) mass is 374 g/mol. The van der Waals surface area contributed by atoms with Crippen LogP contribution >= 0.6 is 0 Å². The van der Waals surface area contributed by atoms with Crippen molar-refractivity contribution < 1.29 is 10.2 Å². The Bertz CT molecular complexity index is 1000. The Morgan fingerprint density at radius 1 is 0.607 bits per heavy atom. The summed E-state index contributed by atoms with van der Waals surface area (Å²) in [5, 5.41) is 20.5. The van der Waals surface area contributed by atoms with Gasteiger partial charge < -0.3 is 10.2 Å². The number of phenols is 2. The van der Waals surface area contributed by atoms with E-state index in [1.807, 2.05) is 52.0 Å². The zero-order chi connectivity index (χ0) is 20.1. The lowest BCUT2D eigenvalue weighted by Crippen LogP contribution is -2.27. The highest BCUT2D eigenvalue weighted by Crippen LogP contribution is 2.32. The lowest BCUT2D eigenvalue weighted by molar-refractivity contribution is 0.473. The first kappa shape index (κ1) is 18.1. The molecule has 2 N–H and O–H groups in total. The highest BCUT2D eigenvalue weighted by atomic mass is 16.3. The smallest absolute Gasteiger partial charge is 0.194 e. The molecule has 0 bridgehead atoms. The first-order chi connectivity index (χ1) is 13.2. The van der Waals surface area contributed by atoms with Crippen molar-refractivity contribution >= 4 is 23.1 Å². The first-order valence-electron chi connectivity index (χ1n) is 9.14. The molecule has 2 heterocycles. The van der Waals surface area contributed by atoms with Crippen LogP contribution in [0.3, 0.4) is 0 Å². The number of aromatic hydroxyl groups is 2. The number of hydrogen-bond acceptors (Lipinski definition) is 6. The molecule has 0 amide bonds. The minimum atomic E-state index is -0.617. The van der Waals surface area contributed by atoms with E-state index >= 15 is 0 Å². The van der Waals surface area contributed by atoms with Crippen molar-refractivity contribution in [3.05, 3.63) is 59.7 Å². The number of rotatable bonds is 3. The Morgan fingerprint density at radius 2 is 0.964 bits per heavy atom. The molecule has 2 aromatic rings. The van der Waals surface area contributed by atoms with Crippen LogP contribution in [-0.4, -0.2) is 44.4 Å². The molecule has 0 radical (unpaired) electrons. The third-order valence-corrected chi connectivity index (χ3v) is 4.88.